The first-order valence-corrected chi connectivity index (χ1v) is 8.58. The standard InChI is InChI=1S/C20H15N3O2S/c1-21-19-16(13-17(26-19)20(24)25-2)22-23-18(14-9-5-3-6-10-14)15-11-7-4-8-12-15/h3-13,22H,2H3. The van der Waals surface area contributed by atoms with Gasteiger partial charge in [-0.3, -0.25) is 5.43 Å². The Morgan fingerprint density at radius 2 is 1.65 bits per heavy atom. The molecule has 0 saturated heterocycles. The van der Waals surface area contributed by atoms with E-state index in [9.17, 15) is 4.79 Å². The summed E-state index contributed by atoms with van der Waals surface area (Å²) in [5, 5.41) is 4.88. The third-order valence-corrected chi connectivity index (χ3v) is 4.59. The van der Waals surface area contributed by atoms with Crippen molar-refractivity contribution in [2.45, 2.75) is 0 Å². The fraction of sp³-hybridized carbons (Fsp3) is 0.0500. The van der Waals surface area contributed by atoms with Gasteiger partial charge in [0.1, 0.15) is 4.88 Å². The number of hydrazone groups is 1. The van der Waals surface area contributed by atoms with Crippen LogP contribution in [0.1, 0.15) is 20.8 Å². The number of esters is 1. The second-order valence-electron chi connectivity index (χ2n) is 5.24. The lowest BCUT2D eigenvalue weighted by molar-refractivity contribution is 0.0606. The van der Waals surface area contributed by atoms with Crippen LogP contribution in [0.15, 0.2) is 71.8 Å². The zero-order valence-corrected chi connectivity index (χ0v) is 14.8. The zero-order chi connectivity index (χ0) is 18.4. The first kappa shape index (κ1) is 17.4. The van der Waals surface area contributed by atoms with E-state index in [-0.39, 0.29) is 0 Å². The highest BCUT2D eigenvalue weighted by Crippen LogP contribution is 2.36. The number of hydrogen-bond acceptors (Lipinski definition) is 5. The monoisotopic (exact) mass is 361 g/mol. The molecule has 6 heteroatoms. The highest BCUT2D eigenvalue weighted by molar-refractivity contribution is 7.18. The van der Waals surface area contributed by atoms with Crippen molar-refractivity contribution in [1.29, 1.82) is 0 Å². The van der Waals surface area contributed by atoms with Crippen LogP contribution in [0.2, 0.25) is 0 Å². The van der Waals surface area contributed by atoms with Crippen LogP contribution < -0.4 is 5.43 Å². The average molecular weight is 361 g/mol. The van der Waals surface area contributed by atoms with E-state index < -0.39 is 5.97 Å². The lowest BCUT2D eigenvalue weighted by Crippen LogP contribution is -2.06. The van der Waals surface area contributed by atoms with E-state index in [1.165, 1.54) is 7.11 Å². The van der Waals surface area contributed by atoms with E-state index in [0.717, 1.165) is 28.2 Å². The number of carbonyl (C=O) groups excluding carboxylic acids is 1. The van der Waals surface area contributed by atoms with Crippen LogP contribution in [-0.2, 0) is 4.74 Å². The Balaban J connectivity index is 1.99. The Bertz CT molecular complexity index is 932. The average Bonchev–Trinajstić information content (AvgIpc) is 3.12. The van der Waals surface area contributed by atoms with Crippen molar-refractivity contribution in [3.8, 4) is 0 Å². The molecule has 2 aromatic carbocycles. The molecule has 0 saturated carbocycles. The minimum Gasteiger partial charge on any atom is -0.465 e. The highest BCUT2D eigenvalue weighted by atomic mass is 32.1. The molecule has 128 valence electrons. The summed E-state index contributed by atoms with van der Waals surface area (Å²) in [7, 11) is 1.31. The number of hydrogen-bond donors (Lipinski definition) is 1. The summed E-state index contributed by atoms with van der Waals surface area (Å²) in [5.74, 6) is -0.469. The smallest absolute Gasteiger partial charge is 0.346 e. The fourth-order valence-electron chi connectivity index (χ4n) is 2.35. The maximum Gasteiger partial charge on any atom is 0.346 e. The molecule has 1 heterocycles. The summed E-state index contributed by atoms with van der Waals surface area (Å²) in [6.07, 6.45) is 0. The van der Waals surface area contributed by atoms with Gasteiger partial charge in [-0.1, -0.05) is 60.7 Å². The molecule has 0 aliphatic rings. The number of anilines is 1. The molecule has 0 spiro atoms. The van der Waals surface area contributed by atoms with Crippen LogP contribution in [0.3, 0.4) is 0 Å². The van der Waals surface area contributed by atoms with E-state index in [1.807, 2.05) is 60.7 Å². The Morgan fingerprint density at radius 1 is 1.08 bits per heavy atom. The number of ether oxygens (including phenoxy) is 1. The van der Waals surface area contributed by atoms with Crippen molar-refractivity contribution in [2.75, 3.05) is 12.5 Å². The Morgan fingerprint density at radius 3 is 2.15 bits per heavy atom. The summed E-state index contributed by atoms with van der Waals surface area (Å²) < 4.78 is 4.72. The van der Waals surface area contributed by atoms with Crippen LogP contribution in [-0.4, -0.2) is 18.8 Å². The molecular formula is C20H15N3O2S. The van der Waals surface area contributed by atoms with Gasteiger partial charge in [-0.2, -0.15) is 5.10 Å². The third-order valence-electron chi connectivity index (χ3n) is 3.58. The van der Waals surface area contributed by atoms with Crippen molar-refractivity contribution < 1.29 is 9.53 Å². The van der Waals surface area contributed by atoms with Crippen molar-refractivity contribution in [1.82, 2.24) is 0 Å². The molecule has 0 aliphatic carbocycles. The van der Waals surface area contributed by atoms with Gasteiger partial charge in [0.15, 0.2) is 0 Å². The maximum absolute atomic E-state index is 11.7. The van der Waals surface area contributed by atoms with Crippen LogP contribution in [0.4, 0.5) is 10.7 Å². The molecule has 3 aromatic rings. The Hall–Kier alpha value is -3.43. The van der Waals surface area contributed by atoms with Crippen LogP contribution in [0.5, 0.6) is 0 Å². The highest BCUT2D eigenvalue weighted by Gasteiger charge is 2.15. The summed E-state index contributed by atoms with van der Waals surface area (Å²) >= 11 is 1.08. The van der Waals surface area contributed by atoms with Gasteiger partial charge in [-0.05, 0) is 6.07 Å². The molecular weight excluding hydrogens is 346 g/mol. The minimum absolute atomic E-state index is 0.356. The van der Waals surface area contributed by atoms with Crippen LogP contribution in [0.25, 0.3) is 4.85 Å². The summed E-state index contributed by atoms with van der Waals surface area (Å²) in [6.45, 7) is 7.30. The molecule has 5 nitrogen and oxygen atoms in total. The number of methoxy groups -OCH3 is 1. The van der Waals surface area contributed by atoms with E-state index in [0.29, 0.717) is 15.6 Å². The fourth-order valence-corrected chi connectivity index (χ4v) is 3.16. The molecule has 0 bridgehead atoms. The number of nitrogens with one attached hydrogen (secondary N) is 1. The molecule has 26 heavy (non-hydrogen) atoms. The van der Waals surface area contributed by atoms with Gasteiger partial charge >= 0.3 is 5.97 Å². The first-order valence-electron chi connectivity index (χ1n) is 7.77. The quantitative estimate of drug-likeness (QED) is 0.303. The number of thiophene rings is 1. The number of nitrogens with zero attached hydrogens (tertiary/aromatic N) is 2. The maximum atomic E-state index is 11.7. The predicted molar refractivity (Wildman–Crippen MR) is 104 cm³/mol. The summed E-state index contributed by atoms with van der Waals surface area (Å²) in [6, 6.07) is 21.1. The first-order chi connectivity index (χ1) is 12.7. The van der Waals surface area contributed by atoms with Gasteiger partial charge < -0.3 is 4.74 Å². The van der Waals surface area contributed by atoms with Gasteiger partial charge in [0.05, 0.1) is 25.1 Å². The van der Waals surface area contributed by atoms with E-state index >= 15 is 0 Å². The van der Waals surface area contributed by atoms with E-state index in [4.69, 9.17) is 11.3 Å². The van der Waals surface area contributed by atoms with Crippen LogP contribution in [0, 0.1) is 6.57 Å². The summed E-state index contributed by atoms with van der Waals surface area (Å²) in [4.78, 5) is 15.5. The topological polar surface area (TPSA) is 55.0 Å². The Kier molecular flexibility index (Phi) is 5.42. The molecule has 1 aromatic heterocycles. The predicted octanol–water partition coefficient (Wildman–Crippen LogP) is 4.95. The van der Waals surface area contributed by atoms with E-state index in [2.05, 4.69) is 15.4 Å². The van der Waals surface area contributed by atoms with Crippen molar-refractivity contribution in [2.24, 2.45) is 5.10 Å². The second kappa shape index (κ2) is 8.10. The second-order valence-corrected chi connectivity index (χ2v) is 6.27. The number of benzene rings is 2. The van der Waals surface area contributed by atoms with Gasteiger partial charge in [0.25, 0.3) is 5.00 Å². The van der Waals surface area contributed by atoms with E-state index in [1.54, 1.807) is 6.07 Å². The summed E-state index contributed by atoms with van der Waals surface area (Å²) in [5.41, 5.74) is 6.05. The van der Waals surface area contributed by atoms with Gasteiger partial charge in [-0.15, -0.1) is 11.3 Å². The lowest BCUT2D eigenvalue weighted by atomic mass is 10.0. The number of carbonyl (C=O) groups is 1. The van der Waals surface area contributed by atoms with Gasteiger partial charge in [0, 0.05) is 11.1 Å². The van der Waals surface area contributed by atoms with Crippen LogP contribution >= 0.6 is 11.3 Å². The normalized spacial score (nSPS) is 9.85. The SMILES string of the molecule is [C-]#[N+]c1sc(C(=O)OC)cc1NN=C(c1ccccc1)c1ccccc1. The van der Waals surface area contributed by atoms with Crippen molar-refractivity contribution >= 4 is 33.7 Å². The molecule has 1 N–H and O–H groups in total. The minimum atomic E-state index is -0.469. The molecule has 0 fully saturated rings. The number of rotatable bonds is 5. The largest absolute Gasteiger partial charge is 0.465 e. The Labute approximate surface area is 155 Å². The molecule has 0 unspecified atom stereocenters. The zero-order valence-electron chi connectivity index (χ0n) is 14.0. The van der Waals surface area contributed by atoms with Crippen molar-refractivity contribution in [3.05, 3.63) is 94.2 Å². The lowest BCUT2D eigenvalue weighted by Gasteiger charge is -2.08. The van der Waals surface area contributed by atoms with Gasteiger partial charge in [-0.25, -0.2) is 9.64 Å². The van der Waals surface area contributed by atoms with Crippen molar-refractivity contribution in [3.63, 3.8) is 0 Å². The molecule has 0 atom stereocenters. The molecule has 0 aliphatic heterocycles. The third kappa shape index (κ3) is 3.79. The molecule has 0 amide bonds. The molecule has 0 radical (unpaired) electrons. The van der Waals surface area contributed by atoms with Gasteiger partial charge in [0.2, 0.25) is 0 Å². The molecule has 3 rings (SSSR count).